The SMILES string of the molecule is Cc1ccc(C)c(OCc2nc(C)c(C(C)(C)N)s2)c1. The van der Waals surface area contributed by atoms with E-state index in [0.717, 1.165) is 26.9 Å². The lowest BCUT2D eigenvalue weighted by Gasteiger charge is -2.16. The van der Waals surface area contributed by atoms with E-state index in [4.69, 9.17) is 10.5 Å². The van der Waals surface area contributed by atoms with Crippen LogP contribution < -0.4 is 10.5 Å². The zero-order valence-electron chi connectivity index (χ0n) is 12.8. The molecule has 1 heterocycles. The summed E-state index contributed by atoms with van der Waals surface area (Å²) in [5, 5.41) is 0.969. The fraction of sp³-hybridized carbons (Fsp3) is 0.438. The van der Waals surface area contributed by atoms with E-state index in [1.807, 2.05) is 20.8 Å². The number of thiazole rings is 1. The first-order chi connectivity index (χ1) is 9.27. The second-order valence-corrected chi connectivity index (χ2v) is 6.89. The van der Waals surface area contributed by atoms with Gasteiger partial charge in [-0.25, -0.2) is 4.98 Å². The van der Waals surface area contributed by atoms with Crippen molar-refractivity contribution in [3.8, 4) is 5.75 Å². The molecule has 0 aliphatic carbocycles. The average molecular weight is 290 g/mol. The van der Waals surface area contributed by atoms with Crippen molar-refractivity contribution in [1.29, 1.82) is 0 Å². The molecule has 108 valence electrons. The Balaban J connectivity index is 2.14. The molecule has 0 aliphatic heterocycles. The summed E-state index contributed by atoms with van der Waals surface area (Å²) >= 11 is 1.63. The zero-order valence-corrected chi connectivity index (χ0v) is 13.6. The maximum absolute atomic E-state index is 6.15. The molecule has 0 saturated carbocycles. The van der Waals surface area contributed by atoms with Crippen LogP contribution in [0.3, 0.4) is 0 Å². The number of aryl methyl sites for hydroxylation is 3. The number of nitrogens with zero attached hydrogens (tertiary/aromatic N) is 1. The Kier molecular flexibility index (Phi) is 4.16. The molecule has 0 bridgehead atoms. The van der Waals surface area contributed by atoms with Gasteiger partial charge in [0.25, 0.3) is 0 Å². The third kappa shape index (κ3) is 3.38. The molecule has 1 aromatic heterocycles. The first kappa shape index (κ1) is 15.0. The number of hydrogen-bond acceptors (Lipinski definition) is 4. The highest BCUT2D eigenvalue weighted by Crippen LogP contribution is 2.29. The summed E-state index contributed by atoms with van der Waals surface area (Å²) in [6, 6.07) is 6.22. The monoisotopic (exact) mass is 290 g/mol. The smallest absolute Gasteiger partial charge is 0.140 e. The zero-order chi connectivity index (χ0) is 14.9. The van der Waals surface area contributed by atoms with Crippen LogP contribution in [0.2, 0.25) is 0 Å². The van der Waals surface area contributed by atoms with Gasteiger partial charge in [0.05, 0.1) is 5.69 Å². The summed E-state index contributed by atoms with van der Waals surface area (Å²) in [7, 11) is 0. The van der Waals surface area contributed by atoms with Gasteiger partial charge in [-0.15, -0.1) is 11.3 Å². The largest absolute Gasteiger partial charge is 0.486 e. The second kappa shape index (κ2) is 5.54. The number of nitrogens with two attached hydrogens (primary N) is 1. The third-order valence-corrected chi connectivity index (χ3v) is 4.59. The Morgan fingerprint density at radius 1 is 1.25 bits per heavy atom. The van der Waals surface area contributed by atoms with E-state index < -0.39 is 0 Å². The van der Waals surface area contributed by atoms with Crippen LogP contribution in [0.15, 0.2) is 18.2 Å². The van der Waals surface area contributed by atoms with E-state index >= 15 is 0 Å². The molecule has 0 radical (unpaired) electrons. The van der Waals surface area contributed by atoms with E-state index in [9.17, 15) is 0 Å². The molecule has 1 aromatic carbocycles. The molecule has 3 nitrogen and oxygen atoms in total. The minimum Gasteiger partial charge on any atom is -0.486 e. The summed E-state index contributed by atoms with van der Waals surface area (Å²) in [5.74, 6) is 0.923. The van der Waals surface area contributed by atoms with Gasteiger partial charge in [0, 0.05) is 10.4 Å². The van der Waals surface area contributed by atoms with Gasteiger partial charge in [0.15, 0.2) is 0 Å². The van der Waals surface area contributed by atoms with Crippen molar-refractivity contribution in [2.45, 2.75) is 46.8 Å². The molecule has 0 spiro atoms. The van der Waals surface area contributed by atoms with Gasteiger partial charge >= 0.3 is 0 Å². The van der Waals surface area contributed by atoms with Gasteiger partial charge in [0.2, 0.25) is 0 Å². The fourth-order valence-corrected chi connectivity index (χ4v) is 3.11. The minimum atomic E-state index is -0.348. The Labute approximate surface area is 124 Å². The summed E-state index contributed by atoms with van der Waals surface area (Å²) in [6.07, 6.45) is 0. The molecule has 4 heteroatoms. The molecule has 0 fully saturated rings. The molecular formula is C16H22N2OS. The van der Waals surface area contributed by atoms with Crippen molar-refractivity contribution in [1.82, 2.24) is 4.98 Å². The lowest BCUT2D eigenvalue weighted by atomic mass is 10.0. The van der Waals surface area contributed by atoms with Crippen molar-refractivity contribution in [3.05, 3.63) is 44.9 Å². The minimum absolute atomic E-state index is 0.348. The molecule has 2 N–H and O–H groups in total. The average Bonchev–Trinajstić information content (AvgIpc) is 2.72. The van der Waals surface area contributed by atoms with Crippen LogP contribution in [0.1, 0.15) is 40.6 Å². The van der Waals surface area contributed by atoms with Crippen molar-refractivity contribution in [3.63, 3.8) is 0 Å². The Hall–Kier alpha value is -1.39. The van der Waals surface area contributed by atoms with Crippen molar-refractivity contribution >= 4 is 11.3 Å². The standard InChI is InChI=1S/C16H22N2OS/c1-10-6-7-11(2)13(8-10)19-9-14-18-12(3)15(20-14)16(4,5)17/h6-8H,9,17H2,1-5H3. The molecule has 0 unspecified atom stereocenters. The second-order valence-electron chi connectivity index (χ2n) is 5.80. The lowest BCUT2D eigenvalue weighted by Crippen LogP contribution is -2.28. The number of aromatic nitrogens is 1. The first-order valence-electron chi connectivity index (χ1n) is 6.73. The van der Waals surface area contributed by atoms with Crippen LogP contribution in [0.5, 0.6) is 5.75 Å². The Morgan fingerprint density at radius 3 is 2.55 bits per heavy atom. The van der Waals surface area contributed by atoms with Crippen LogP contribution in [0, 0.1) is 20.8 Å². The fourth-order valence-electron chi connectivity index (χ4n) is 2.11. The van der Waals surface area contributed by atoms with Crippen molar-refractivity contribution < 1.29 is 4.74 Å². The number of rotatable bonds is 4. The predicted octanol–water partition coefficient (Wildman–Crippen LogP) is 3.84. The molecule has 0 saturated heterocycles. The highest BCUT2D eigenvalue weighted by molar-refractivity contribution is 7.11. The number of hydrogen-bond donors (Lipinski definition) is 1. The van der Waals surface area contributed by atoms with Crippen molar-refractivity contribution in [2.75, 3.05) is 0 Å². The van der Waals surface area contributed by atoms with Crippen LogP contribution >= 0.6 is 11.3 Å². The van der Waals surface area contributed by atoms with Gasteiger partial charge in [-0.1, -0.05) is 12.1 Å². The molecule has 2 aromatic rings. The molecule has 2 rings (SSSR count). The van der Waals surface area contributed by atoms with Crippen LogP contribution in [-0.4, -0.2) is 4.98 Å². The van der Waals surface area contributed by atoms with Crippen LogP contribution in [0.4, 0.5) is 0 Å². The molecule has 20 heavy (non-hydrogen) atoms. The van der Waals surface area contributed by atoms with Gasteiger partial charge in [-0.05, 0) is 51.8 Å². The number of benzene rings is 1. The third-order valence-electron chi connectivity index (χ3n) is 3.12. The quantitative estimate of drug-likeness (QED) is 0.930. The predicted molar refractivity (Wildman–Crippen MR) is 84.3 cm³/mol. The van der Waals surface area contributed by atoms with E-state index in [-0.39, 0.29) is 5.54 Å². The van der Waals surface area contributed by atoms with Gasteiger partial charge in [-0.2, -0.15) is 0 Å². The highest BCUT2D eigenvalue weighted by Gasteiger charge is 2.21. The topological polar surface area (TPSA) is 48.1 Å². The maximum Gasteiger partial charge on any atom is 0.140 e. The lowest BCUT2D eigenvalue weighted by molar-refractivity contribution is 0.303. The van der Waals surface area contributed by atoms with Crippen LogP contribution in [0.25, 0.3) is 0 Å². The summed E-state index contributed by atoms with van der Waals surface area (Å²) in [4.78, 5) is 5.68. The van der Waals surface area contributed by atoms with E-state index in [1.54, 1.807) is 11.3 Å². The maximum atomic E-state index is 6.15. The highest BCUT2D eigenvalue weighted by atomic mass is 32.1. The van der Waals surface area contributed by atoms with Crippen LogP contribution in [-0.2, 0) is 12.1 Å². The Bertz CT molecular complexity index is 611. The van der Waals surface area contributed by atoms with E-state index in [1.165, 1.54) is 5.56 Å². The molecular weight excluding hydrogens is 268 g/mol. The number of ether oxygens (including phenoxy) is 1. The summed E-state index contributed by atoms with van der Waals surface area (Å²) < 4.78 is 5.89. The first-order valence-corrected chi connectivity index (χ1v) is 7.55. The van der Waals surface area contributed by atoms with Gasteiger partial charge in [0.1, 0.15) is 17.4 Å². The van der Waals surface area contributed by atoms with E-state index in [2.05, 4.69) is 37.0 Å². The van der Waals surface area contributed by atoms with Crippen molar-refractivity contribution in [2.24, 2.45) is 5.73 Å². The molecule has 0 aliphatic rings. The molecule has 0 amide bonds. The molecule has 0 atom stereocenters. The normalized spacial score (nSPS) is 11.7. The Morgan fingerprint density at radius 2 is 1.95 bits per heavy atom. The van der Waals surface area contributed by atoms with Gasteiger partial charge in [-0.3, -0.25) is 0 Å². The summed E-state index contributed by atoms with van der Waals surface area (Å²) in [5.41, 5.74) is 9.15. The summed E-state index contributed by atoms with van der Waals surface area (Å²) in [6.45, 7) is 10.6. The van der Waals surface area contributed by atoms with E-state index in [0.29, 0.717) is 6.61 Å². The van der Waals surface area contributed by atoms with Gasteiger partial charge < -0.3 is 10.5 Å².